The Bertz CT molecular complexity index is 660. The molecule has 0 aliphatic rings. The van der Waals surface area contributed by atoms with Gasteiger partial charge in [0.15, 0.2) is 6.54 Å². The Morgan fingerprint density at radius 2 is 1.87 bits per heavy atom. The maximum atomic E-state index is 12.1. The summed E-state index contributed by atoms with van der Waals surface area (Å²) >= 11 is 9.41. The summed E-state index contributed by atoms with van der Waals surface area (Å²) in [5.74, 6) is 0.0225. The van der Waals surface area contributed by atoms with Gasteiger partial charge in [-0.1, -0.05) is 51.8 Å². The third kappa shape index (κ3) is 5.65. The first-order valence-corrected chi connectivity index (χ1v) is 8.76. The number of hydrogen-bond acceptors (Lipinski definition) is 1. The van der Waals surface area contributed by atoms with Crippen molar-refractivity contribution in [3.63, 3.8) is 0 Å². The van der Waals surface area contributed by atoms with Gasteiger partial charge in [-0.25, -0.2) is 0 Å². The normalized spacial score (nSPS) is 13.4. The number of carbonyl (C=O) groups excluding carboxylic acids is 1. The van der Waals surface area contributed by atoms with E-state index in [0.717, 1.165) is 20.6 Å². The predicted octanol–water partition coefficient (Wildman–Crippen LogP) is 3.60. The number of nitrogens with two attached hydrogens (primary N) is 1. The molecule has 0 saturated carbocycles. The molecule has 23 heavy (non-hydrogen) atoms. The lowest BCUT2D eigenvalue weighted by Gasteiger charge is -2.15. The first kappa shape index (κ1) is 18.0. The van der Waals surface area contributed by atoms with Crippen LogP contribution in [0.3, 0.4) is 0 Å². The monoisotopic (exact) mass is 395 g/mol. The zero-order chi connectivity index (χ0) is 16.8. The van der Waals surface area contributed by atoms with Crippen LogP contribution in [0.5, 0.6) is 0 Å². The number of quaternary nitrogens is 1. The molecule has 1 amide bonds. The molecular formula is C18H21BrClN2O+. The van der Waals surface area contributed by atoms with Gasteiger partial charge in [-0.2, -0.15) is 0 Å². The van der Waals surface area contributed by atoms with Crippen LogP contribution in [-0.2, 0) is 4.79 Å². The fourth-order valence-electron chi connectivity index (χ4n) is 2.34. The number of hydrogen-bond donors (Lipinski definition) is 2. The lowest BCUT2D eigenvalue weighted by molar-refractivity contribution is -0.682. The molecule has 5 heteroatoms. The summed E-state index contributed by atoms with van der Waals surface area (Å²) in [6, 6.07) is 15.9. The maximum Gasteiger partial charge on any atom is 0.275 e. The summed E-state index contributed by atoms with van der Waals surface area (Å²) in [6.45, 7) is 4.44. The highest BCUT2D eigenvalue weighted by Gasteiger charge is 2.14. The Morgan fingerprint density at radius 1 is 1.17 bits per heavy atom. The van der Waals surface area contributed by atoms with Crippen molar-refractivity contribution in [3.05, 3.63) is 69.2 Å². The summed E-state index contributed by atoms with van der Waals surface area (Å²) in [5, 5.41) is 5.75. The van der Waals surface area contributed by atoms with Crippen LogP contribution >= 0.6 is 27.5 Å². The van der Waals surface area contributed by atoms with E-state index in [0.29, 0.717) is 6.54 Å². The minimum Gasteiger partial charge on any atom is -0.345 e. The first-order chi connectivity index (χ1) is 11.0. The van der Waals surface area contributed by atoms with Crippen molar-refractivity contribution < 1.29 is 10.1 Å². The van der Waals surface area contributed by atoms with E-state index in [9.17, 15) is 4.79 Å². The van der Waals surface area contributed by atoms with Gasteiger partial charge in [-0.15, -0.1) is 0 Å². The average molecular weight is 397 g/mol. The van der Waals surface area contributed by atoms with Gasteiger partial charge in [0.05, 0.1) is 6.04 Å². The van der Waals surface area contributed by atoms with E-state index >= 15 is 0 Å². The second-order valence-electron chi connectivity index (χ2n) is 5.62. The van der Waals surface area contributed by atoms with E-state index in [4.69, 9.17) is 11.6 Å². The summed E-state index contributed by atoms with van der Waals surface area (Å²) < 4.78 is 1.03. The molecule has 0 radical (unpaired) electrons. The number of benzene rings is 2. The first-order valence-electron chi connectivity index (χ1n) is 7.59. The molecular weight excluding hydrogens is 376 g/mol. The number of carbonyl (C=O) groups is 1. The van der Waals surface area contributed by atoms with Crippen molar-refractivity contribution in [2.45, 2.75) is 25.9 Å². The molecule has 0 aromatic heterocycles. The third-order valence-electron chi connectivity index (χ3n) is 3.78. The topological polar surface area (TPSA) is 45.7 Å². The van der Waals surface area contributed by atoms with Crippen molar-refractivity contribution in [1.82, 2.24) is 5.32 Å². The van der Waals surface area contributed by atoms with Gasteiger partial charge >= 0.3 is 0 Å². The Labute approximate surface area is 150 Å². The average Bonchev–Trinajstić information content (AvgIpc) is 2.53. The van der Waals surface area contributed by atoms with E-state index in [1.54, 1.807) is 0 Å². The van der Waals surface area contributed by atoms with Crippen LogP contribution in [0.15, 0.2) is 53.0 Å². The second kappa shape index (κ2) is 8.48. The van der Waals surface area contributed by atoms with Crippen LogP contribution in [0.4, 0.5) is 0 Å². The predicted molar refractivity (Wildman–Crippen MR) is 97.4 cm³/mol. The molecule has 0 unspecified atom stereocenters. The quantitative estimate of drug-likeness (QED) is 0.770. The Morgan fingerprint density at radius 3 is 2.52 bits per heavy atom. The van der Waals surface area contributed by atoms with Gasteiger partial charge in [0.1, 0.15) is 6.04 Å². The lowest BCUT2D eigenvalue weighted by atomic mass is 10.1. The van der Waals surface area contributed by atoms with Crippen LogP contribution in [0.1, 0.15) is 37.1 Å². The summed E-state index contributed by atoms with van der Waals surface area (Å²) in [4.78, 5) is 12.1. The molecule has 0 heterocycles. The molecule has 0 aliphatic heterocycles. The van der Waals surface area contributed by atoms with E-state index < -0.39 is 0 Å². The molecule has 122 valence electrons. The van der Waals surface area contributed by atoms with Gasteiger partial charge in [0, 0.05) is 15.1 Å². The Hall–Kier alpha value is -1.36. The van der Waals surface area contributed by atoms with Gasteiger partial charge < -0.3 is 10.6 Å². The fraction of sp³-hybridized carbons (Fsp3) is 0.278. The zero-order valence-corrected chi connectivity index (χ0v) is 15.6. The van der Waals surface area contributed by atoms with Crippen molar-refractivity contribution in [2.75, 3.05) is 6.54 Å². The lowest BCUT2D eigenvalue weighted by Crippen LogP contribution is -2.87. The molecule has 2 aromatic rings. The van der Waals surface area contributed by atoms with Crippen LogP contribution in [0, 0.1) is 0 Å². The minimum atomic E-state index is -0.00882. The minimum absolute atomic E-state index is 0.00882. The van der Waals surface area contributed by atoms with Gasteiger partial charge in [-0.05, 0) is 43.7 Å². The molecule has 2 aromatic carbocycles. The fourth-order valence-corrected chi connectivity index (χ4v) is 2.81. The molecule has 0 spiro atoms. The highest BCUT2D eigenvalue weighted by Crippen LogP contribution is 2.16. The molecule has 3 nitrogen and oxygen atoms in total. The standard InChI is InChI=1S/C18H20BrClN2O/c1-12(15-4-3-5-17(20)10-15)21-11-18(23)22-13(2)14-6-8-16(19)9-7-14/h3-10,12-13,21H,11H2,1-2H3,(H,22,23)/p+1/t12-,13+/m1/s1. The van der Waals surface area contributed by atoms with Crippen LogP contribution in [0.2, 0.25) is 5.02 Å². The van der Waals surface area contributed by atoms with E-state index in [1.807, 2.05) is 60.8 Å². The van der Waals surface area contributed by atoms with Gasteiger partial charge in [-0.3, -0.25) is 4.79 Å². The Balaban J connectivity index is 1.83. The molecule has 3 N–H and O–H groups in total. The molecule has 0 saturated heterocycles. The highest BCUT2D eigenvalue weighted by atomic mass is 79.9. The molecule has 0 aliphatic carbocycles. The SMILES string of the molecule is C[C@H](NC(=O)C[NH2+][C@H](C)c1cccc(Cl)c1)c1ccc(Br)cc1. The van der Waals surface area contributed by atoms with Gasteiger partial charge in [0.2, 0.25) is 0 Å². The number of rotatable bonds is 6. The van der Waals surface area contributed by atoms with Crippen LogP contribution in [-0.4, -0.2) is 12.5 Å². The van der Waals surface area contributed by atoms with Gasteiger partial charge in [0.25, 0.3) is 5.91 Å². The van der Waals surface area contributed by atoms with E-state index in [1.165, 1.54) is 0 Å². The molecule has 2 rings (SSSR count). The largest absolute Gasteiger partial charge is 0.345 e. The summed E-state index contributed by atoms with van der Waals surface area (Å²) in [6.07, 6.45) is 0. The zero-order valence-electron chi connectivity index (χ0n) is 13.2. The molecule has 2 atom stereocenters. The second-order valence-corrected chi connectivity index (χ2v) is 6.98. The number of nitrogens with one attached hydrogen (secondary N) is 1. The number of amides is 1. The van der Waals surface area contributed by atoms with Crippen molar-refractivity contribution in [3.8, 4) is 0 Å². The van der Waals surface area contributed by atoms with Crippen molar-refractivity contribution in [2.24, 2.45) is 0 Å². The smallest absolute Gasteiger partial charge is 0.275 e. The molecule has 0 bridgehead atoms. The maximum absolute atomic E-state index is 12.1. The summed E-state index contributed by atoms with van der Waals surface area (Å²) in [5.41, 5.74) is 2.20. The summed E-state index contributed by atoms with van der Waals surface area (Å²) in [7, 11) is 0. The van der Waals surface area contributed by atoms with Crippen LogP contribution < -0.4 is 10.6 Å². The highest BCUT2D eigenvalue weighted by molar-refractivity contribution is 9.10. The number of halogens is 2. The van der Waals surface area contributed by atoms with E-state index in [-0.39, 0.29) is 18.0 Å². The van der Waals surface area contributed by atoms with Crippen LogP contribution in [0.25, 0.3) is 0 Å². The molecule has 0 fully saturated rings. The van der Waals surface area contributed by atoms with Crippen molar-refractivity contribution in [1.29, 1.82) is 0 Å². The third-order valence-corrected chi connectivity index (χ3v) is 4.54. The van der Waals surface area contributed by atoms with E-state index in [2.05, 4.69) is 28.2 Å². The Kier molecular flexibility index (Phi) is 6.63. The van der Waals surface area contributed by atoms with Crippen molar-refractivity contribution >= 4 is 33.4 Å².